The van der Waals surface area contributed by atoms with Gasteiger partial charge < -0.3 is 20.1 Å². The van der Waals surface area contributed by atoms with Gasteiger partial charge in [0.15, 0.2) is 18.1 Å². The summed E-state index contributed by atoms with van der Waals surface area (Å²) in [5, 5.41) is 9.24. The summed E-state index contributed by atoms with van der Waals surface area (Å²) in [4.78, 5) is 36.4. The Bertz CT molecular complexity index is 1350. The van der Waals surface area contributed by atoms with E-state index in [1.807, 2.05) is 19.1 Å². The SMILES string of the molecule is COc1cc(/C=N\NC(=O)C(=O)Nc2cccc(Cl)c2Cl)cc(Br)c1OCC(=O)Nc1ccc(C)cc1. The van der Waals surface area contributed by atoms with E-state index in [0.717, 1.165) is 5.56 Å². The lowest BCUT2D eigenvalue weighted by atomic mass is 10.2. The minimum Gasteiger partial charge on any atom is -0.493 e. The molecule has 0 saturated carbocycles. The second-order valence-electron chi connectivity index (χ2n) is 7.49. The predicted molar refractivity (Wildman–Crippen MR) is 147 cm³/mol. The Morgan fingerprint density at radius 3 is 2.46 bits per heavy atom. The zero-order valence-corrected chi connectivity index (χ0v) is 22.7. The number of nitrogens with one attached hydrogen (secondary N) is 3. The van der Waals surface area contributed by atoms with Gasteiger partial charge in [-0.15, -0.1) is 0 Å². The highest BCUT2D eigenvalue weighted by atomic mass is 79.9. The number of hydrazone groups is 1. The van der Waals surface area contributed by atoms with Crippen molar-refractivity contribution in [2.24, 2.45) is 5.10 Å². The van der Waals surface area contributed by atoms with E-state index in [0.29, 0.717) is 27.2 Å². The summed E-state index contributed by atoms with van der Waals surface area (Å²) in [5.74, 6) is -1.71. The molecule has 3 aromatic carbocycles. The first-order valence-electron chi connectivity index (χ1n) is 10.6. The molecule has 0 fully saturated rings. The molecule has 3 amide bonds. The van der Waals surface area contributed by atoms with E-state index in [4.69, 9.17) is 32.7 Å². The third kappa shape index (κ3) is 7.94. The molecule has 37 heavy (non-hydrogen) atoms. The molecule has 12 heteroatoms. The molecule has 0 aliphatic rings. The molecule has 0 aliphatic carbocycles. The smallest absolute Gasteiger partial charge is 0.329 e. The number of benzene rings is 3. The van der Waals surface area contributed by atoms with Crippen LogP contribution in [0.1, 0.15) is 11.1 Å². The average Bonchev–Trinajstić information content (AvgIpc) is 2.87. The maximum Gasteiger partial charge on any atom is 0.329 e. The maximum absolute atomic E-state index is 12.3. The lowest BCUT2D eigenvalue weighted by Crippen LogP contribution is -2.32. The van der Waals surface area contributed by atoms with Gasteiger partial charge in [-0.3, -0.25) is 14.4 Å². The standard InChI is InChI=1S/C25H21BrCl2N4O5/c1-14-6-8-16(9-7-14)30-21(33)13-37-23-17(26)10-15(11-20(23)36-2)12-29-32-25(35)24(34)31-19-5-3-4-18(27)22(19)28/h3-12H,13H2,1-2H3,(H,30,33)(H,31,34)(H,32,35)/b29-12-. The number of hydrogen-bond acceptors (Lipinski definition) is 6. The number of hydrogen-bond donors (Lipinski definition) is 3. The lowest BCUT2D eigenvalue weighted by Gasteiger charge is -2.13. The van der Waals surface area contributed by atoms with Gasteiger partial charge in [0.1, 0.15) is 0 Å². The summed E-state index contributed by atoms with van der Waals surface area (Å²) in [7, 11) is 1.44. The number of halogens is 3. The van der Waals surface area contributed by atoms with E-state index in [1.54, 1.807) is 36.4 Å². The molecule has 3 rings (SSSR count). The van der Waals surface area contributed by atoms with E-state index >= 15 is 0 Å². The molecule has 0 aromatic heterocycles. The molecule has 0 aliphatic heterocycles. The van der Waals surface area contributed by atoms with Crippen LogP contribution in [0.3, 0.4) is 0 Å². The van der Waals surface area contributed by atoms with Crippen molar-refractivity contribution in [2.45, 2.75) is 6.92 Å². The van der Waals surface area contributed by atoms with Gasteiger partial charge in [-0.1, -0.05) is 47.0 Å². The molecule has 0 atom stereocenters. The minimum atomic E-state index is -1.02. The van der Waals surface area contributed by atoms with Crippen molar-refractivity contribution >= 4 is 74.4 Å². The van der Waals surface area contributed by atoms with Crippen LogP contribution < -0.4 is 25.5 Å². The van der Waals surface area contributed by atoms with Gasteiger partial charge in [0.05, 0.1) is 33.5 Å². The zero-order valence-electron chi connectivity index (χ0n) is 19.6. The maximum atomic E-state index is 12.3. The van der Waals surface area contributed by atoms with Crippen molar-refractivity contribution in [2.75, 3.05) is 24.4 Å². The molecule has 0 bridgehead atoms. The number of amides is 3. The van der Waals surface area contributed by atoms with Crippen LogP contribution in [0.2, 0.25) is 10.0 Å². The molecular formula is C25H21BrCl2N4O5. The van der Waals surface area contributed by atoms with Crippen molar-refractivity contribution in [1.29, 1.82) is 0 Å². The van der Waals surface area contributed by atoms with E-state index < -0.39 is 11.8 Å². The Morgan fingerprint density at radius 2 is 1.76 bits per heavy atom. The van der Waals surface area contributed by atoms with Crippen LogP contribution in [-0.4, -0.2) is 37.7 Å². The lowest BCUT2D eigenvalue weighted by molar-refractivity contribution is -0.136. The molecular weight excluding hydrogens is 587 g/mol. The van der Waals surface area contributed by atoms with Gasteiger partial charge in [-0.25, -0.2) is 5.43 Å². The van der Waals surface area contributed by atoms with Gasteiger partial charge >= 0.3 is 11.8 Å². The first-order valence-corrected chi connectivity index (χ1v) is 12.2. The first kappa shape index (κ1) is 28.0. The fourth-order valence-corrected chi connectivity index (χ4v) is 3.84. The number of carbonyl (C=O) groups is 3. The Hall–Kier alpha value is -3.60. The van der Waals surface area contributed by atoms with Crippen LogP contribution in [0.15, 0.2) is 64.2 Å². The number of aryl methyl sites for hydroxylation is 1. The van der Waals surface area contributed by atoms with Crippen molar-refractivity contribution < 1.29 is 23.9 Å². The number of rotatable bonds is 8. The van der Waals surface area contributed by atoms with Crippen molar-refractivity contribution in [1.82, 2.24) is 5.43 Å². The van der Waals surface area contributed by atoms with Crippen molar-refractivity contribution in [3.8, 4) is 11.5 Å². The van der Waals surface area contributed by atoms with Crippen LogP contribution in [0.25, 0.3) is 0 Å². The molecule has 0 heterocycles. The highest BCUT2D eigenvalue weighted by Crippen LogP contribution is 2.36. The highest BCUT2D eigenvalue weighted by Gasteiger charge is 2.16. The highest BCUT2D eigenvalue weighted by molar-refractivity contribution is 9.10. The fourth-order valence-electron chi connectivity index (χ4n) is 2.92. The zero-order chi connectivity index (χ0) is 26.9. The largest absolute Gasteiger partial charge is 0.493 e. The number of nitrogens with zero attached hydrogens (tertiary/aromatic N) is 1. The fraction of sp³-hybridized carbons (Fsp3) is 0.120. The summed E-state index contributed by atoms with van der Waals surface area (Å²) >= 11 is 15.3. The van der Waals surface area contributed by atoms with Crippen LogP contribution in [0, 0.1) is 6.92 Å². The summed E-state index contributed by atoms with van der Waals surface area (Å²) in [6.07, 6.45) is 1.30. The summed E-state index contributed by atoms with van der Waals surface area (Å²) in [5.41, 5.74) is 4.56. The summed E-state index contributed by atoms with van der Waals surface area (Å²) < 4.78 is 11.5. The summed E-state index contributed by atoms with van der Waals surface area (Å²) in [6.45, 7) is 1.70. The van der Waals surface area contributed by atoms with Gasteiger partial charge in [-0.2, -0.15) is 5.10 Å². The van der Waals surface area contributed by atoms with Crippen molar-refractivity contribution in [3.05, 3.63) is 80.2 Å². The Balaban J connectivity index is 1.59. The predicted octanol–water partition coefficient (Wildman–Crippen LogP) is 5.18. The number of carbonyl (C=O) groups excluding carboxylic acids is 3. The average molecular weight is 608 g/mol. The molecule has 9 nitrogen and oxygen atoms in total. The number of anilines is 2. The third-order valence-electron chi connectivity index (χ3n) is 4.72. The monoisotopic (exact) mass is 606 g/mol. The third-order valence-corrected chi connectivity index (χ3v) is 6.13. The molecule has 192 valence electrons. The van der Waals surface area contributed by atoms with E-state index in [1.165, 1.54) is 19.4 Å². The number of ether oxygens (including phenoxy) is 2. The topological polar surface area (TPSA) is 118 Å². The molecule has 0 saturated heterocycles. The van der Waals surface area contributed by atoms with Crippen LogP contribution in [0.5, 0.6) is 11.5 Å². The van der Waals surface area contributed by atoms with Gasteiger partial charge in [0.2, 0.25) is 0 Å². The second kappa shape index (κ2) is 13.1. The van der Waals surface area contributed by atoms with Crippen LogP contribution in [-0.2, 0) is 14.4 Å². The van der Waals surface area contributed by atoms with Gasteiger partial charge in [0, 0.05) is 5.69 Å². The first-order chi connectivity index (χ1) is 17.7. The molecule has 0 spiro atoms. The normalized spacial score (nSPS) is 10.6. The Morgan fingerprint density at radius 1 is 1.03 bits per heavy atom. The van der Waals surface area contributed by atoms with Gasteiger partial charge in [-0.05, 0) is 64.8 Å². The van der Waals surface area contributed by atoms with E-state index in [-0.39, 0.29) is 28.2 Å². The van der Waals surface area contributed by atoms with E-state index in [9.17, 15) is 14.4 Å². The van der Waals surface area contributed by atoms with Crippen molar-refractivity contribution in [3.63, 3.8) is 0 Å². The Labute approximate surface area is 231 Å². The molecule has 3 aromatic rings. The minimum absolute atomic E-state index is 0.112. The van der Waals surface area contributed by atoms with Crippen LogP contribution in [0.4, 0.5) is 11.4 Å². The van der Waals surface area contributed by atoms with Crippen LogP contribution >= 0.6 is 39.1 Å². The van der Waals surface area contributed by atoms with Gasteiger partial charge in [0.25, 0.3) is 5.91 Å². The second-order valence-corrected chi connectivity index (χ2v) is 9.13. The molecule has 0 radical (unpaired) electrons. The Kier molecular flexibility index (Phi) is 9.90. The quantitative estimate of drug-likeness (QED) is 0.185. The van der Waals surface area contributed by atoms with E-state index in [2.05, 4.69) is 37.1 Å². The molecule has 0 unspecified atom stereocenters. The summed E-state index contributed by atoms with van der Waals surface area (Å²) in [6, 6.07) is 15.2. The number of methoxy groups -OCH3 is 1. The molecule has 3 N–H and O–H groups in total.